The smallest absolute Gasteiger partial charge is 0.136 e. The Bertz CT molecular complexity index is 3620. The molecule has 0 amide bonds. The van der Waals surface area contributed by atoms with E-state index in [9.17, 15) is 0 Å². The lowest BCUT2D eigenvalue weighted by Gasteiger charge is -2.28. The number of furan rings is 1. The van der Waals surface area contributed by atoms with Gasteiger partial charge in [0.25, 0.3) is 0 Å². The molecule has 12 aromatic rings. The fraction of sp³-hybridized carbons (Fsp3) is 0. The topological polar surface area (TPSA) is 16.4 Å². The van der Waals surface area contributed by atoms with Crippen LogP contribution in [0.15, 0.2) is 241 Å². The SMILES string of the molecule is c1cc(-c2ccc(N(c3ccc(-c4cccc5ccccc45)cc3)c3ccccc3-c3cccc4oc5cc6ccccc6cc5c34)cc2)cc(-c2cccc3ccccc23)c1. The van der Waals surface area contributed by atoms with Crippen molar-refractivity contribution in [3.05, 3.63) is 237 Å². The molecule has 0 saturated carbocycles. The third kappa shape index (κ3) is 6.12. The van der Waals surface area contributed by atoms with E-state index in [1.54, 1.807) is 0 Å². The highest BCUT2D eigenvalue weighted by molar-refractivity contribution is 6.16. The zero-order valence-electron chi connectivity index (χ0n) is 33.9. The highest BCUT2D eigenvalue weighted by Crippen LogP contribution is 2.46. The molecule has 0 atom stereocenters. The zero-order valence-corrected chi connectivity index (χ0v) is 33.9. The van der Waals surface area contributed by atoms with Crippen LogP contribution < -0.4 is 4.90 Å². The minimum absolute atomic E-state index is 0.878. The van der Waals surface area contributed by atoms with Crippen molar-refractivity contribution in [2.75, 3.05) is 4.90 Å². The first-order chi connectivity index (χ1) is 30.7. The van der Waals surface area contributed by atoms with Crippen molar-refractivity contribution in [2.24, 2.45) is 0 Å². The maximum atomic E-state index is 6.58. The number of rotatable bonds is 7. The molecule has 62 heavy (non-hydrogen) atoms. The molecule has 2 heteroatoms. The molecule has 0 fully saturated rings. The Labute approximate surface area is 360 Å². The van der Waals surface area contributed by atoms with Gasteiger partial charge in [-0.05, 0) is 126 Å². The number of anilines is 3. The van der Waals surface area contributed by atoms with Crippen LogP contribution in [-0.4, -0.2) is 0 Å². The molecule has 290 valence electrons. The van der Waals surface area contributed by atoms with E-state index < -0.39 is 0 Å². The summed E-state index contributed by atoms with van der Waals surface area (Å²) in [7, 11) is 0. The monoisotopic (exact) mass is 789 g/mol. The summed E-state index contributed by atoms with van der Waals surface area (Å²) in [6, 6.07) is 85.5. The minimum atomic E-state index is 0.878. The van der Waals surface area contributed by atoms with Crippen LogP contribution in [0.4, 0.5) is 17.1 Å². The second kappa shape index (κ2) is 14.8. The Morgan fingerprint density at radius 2 is 0.774 bits per heavy atom. The van der Waals surface area contributed by atoms with Gasteiger partial charge < -0.3 is 9.32 Å². The van der Waals surface area contributed by atoms with Crippen LogP contribution in [0.3, 0.4) is 0 Å². The highest BCUT2D eigenvalue weighted by atomic mass is 16.3. The van der Waals surface area contributed by atoms with Crippen molar-refractivity contribution in [1.82, 2.24) is 0 Å². The van der Waals surface area contributed by atoms with Gasteiger partial charge in [0.05, 0.1) is 5.69 Å². The predicted molar refractivity (Wildman–Crippen MR) is 263 cm³/mol. The average molecular weight is 790 g/mol. The fourth-order valence-corrected chi connectivity index (χ4v) is 9.47. The molecule has 12 rings (SSSR count). The van der Waals surface area contributed by atoms with Gasteiger partial charge in [0, 0.05) is 27.7 Å². The maximum Gasteiger partial charge on any atom is 0.136 e. The van der Waals surface area contributed by atoms with Gasteiger partial charge in [-0.3, -0.25) is 0 Å². The zero-order chi connectivity index (χ0) is 41.0. The van der Waals surface area contributed by atoms with Crippen LogP contribution in [0.25, 0.3) is 98.8 Å². The Morgan fingerprint density at radius 3 is 1.48 bits per heavy atom. The molecule has 0 radical (unpaired) electrons. The lowest BCUT2D eigenvalue weighted by atomic mass is 9.94. The van der Waals surface area contributed by atoms with Gasteiger partial charge in [0.1, 0.15) is 11.2 Å². The van der Waals surface area contributed by atoms with Gasteiger partial charge in [-0.2, -0.15) is 0 Å². The second-order valence-corrected chi connectivity index (χ2v) is 16.1. The molecule has 1 heterocycles. The summed E-state index contributed by atoms with van der Waals surface area (Å²) in [6.07, 6.45) is 0. The molecular formula is C60H39NO. The molecular weight excluding hydrogens is 751 g/mol. The van der Waals surface area contributed by atoms with Crippen molar-refractivity contribution in [3.63, 3.8) is 0 Å². The van der Waals surface area contributed by atoms with Crippen molar-refractivity contribution in [2.45, 2.75) is 0 Å². The Balaban J connectivity index is 1.00. The van der Waals surface area contributed by atoms with Gasteiger partial charge in [-0.15, -0.1) is 0 Å². The summed E-state index contributed by atoms with van der Waals surface area (Å²) >= 11 is 0. The van der Waals surface area contributed by atoms with E-state index in [-0.39, 0.29) is 0 Å². The average Bonchev–Trinajstić information content (AvgIpc) is 3.71. The molecule has 1 aromatic heterocycles. The molecule has 0 aliphatic carbocycles. The number of fused-ring (bicyclic) bond motifs is 6. The third-order valence-electron chi connectivity index (χ3n) is 12.4. The van der Waals surface area contributed by atoms with Crippen molar-refractivity contribution in [3.8, 4) is 44.5 Å². The van der Waals surface area contributed by atoms with Crippen LogP contribution >= 0.6 is 0 Å². The summed E-state index contributed by atoms with van der Waals surface area (Å²) in [6.45, 7) is 0. The van der Waals surface area contributed by atoms with E-state index in [0.717, 1.165) is 55.7 Å². The first-order valence-corrected chi connectivity index (χ1v) is 21.2. The van der Waals surface area contributed by atoms with E-state index in [4.69, 9.17) is 4.42 Å². The Kier molecular flexibility index (Phi) is 8.53. The largest absolute Gasteiger partial charge is 0.456 e. The van der Waals surface area contributed by atoms with Gasteiger partial charge in [-0.25, -0.2) is 0 Å². The van der Waals surface area contributed by atoms with E-state index >= 15 is 0 Å². The normalized spacial score (nSPS) is 11.5. The summed E-state index contributed by atoms with van der Waals surface area (Å²) in [5, 5.41) is 9.59. The van der Waals surface area contributed by atoms with E-state index in [0.29, 0.717) is 0 Å². The molecule has 0 unspecified atom stereocenters. The van der Waals surface area contributed by atoms with Crippen LogP contribution in [0.1, 0.15) is 0 Å². The van der Waals surface area contributed by atoms with Crippen LogP contribution in [0, 0.1) is 0 Å². The Hall–Kier alpha value is -8.20. The fourth-order valence-electron chi connectivity index (χ4n) is 9.47. The number of hydrogen-bond acceptors (Lipinski definition) is 2. The molecule has 0 aliphatic rings. The summed E-state index contributed by atoms with van der Waals surface area (Å²) in [4.78, 5) is 2.40. The van der Waals surface area contributed by atoms with Crippen molar-refractivity contribution in [1.29, 1.82) is 0 Å². The Morgan fingerprint density at radius 1 is 0.274 bits per heavy atom. The lowest BCUT2D eigenvalue weighted by molar-refractivity contribution is 0.669. The van der Waals surface area contributed by atoms with Crippen LogP contribution in [-0.2, 0) is 0 Å². The van der Waals surface area contributed by atoms with E-state index in [1.807, 2.05) is 0 Å². The molecule has 2 nitrogen and oxygen atoms in total. The molecule has 0 spiro atoms. The van der Waals surface area contributed by atoms with Gasteiger partial charge >= 0.3 is 0 Å². The van der Waals surface area contributed by atoms with Gasteiger partial charge in [0.15, 0.2) is 0 Å². The number of benzene rings is 11. The summed E-state index contributed by atoms with van der Waals surface area (Å²) in [5.74, 6) is 0. The lowest BCUT2D eigenvalue weighted by Crippen LogP contribution is -2.11. The second-order valence-electron chi connectivity index (χ2n) is 16.1. The number of hydrogen-bond donors (Lipinski definition) is 0. The first-order valence-electron chi connectivity index (χ1n) is 21.2. The molecule has 11 aromatic carbocycles. The number of nitrogens with zero attached hydrogens (tertiary/aromatic N) is 1. The van der Waals surface area contributed by atoms with Crippen LogP contribution in [0.5, 0.6) is 0 Å². The standard InChI is InChI=1S/C60H39NO/c1-2-16-46-39-59-56(38-45(46)15-1)60-55(26-12-28-58(60)62-59)54-23-7-8-27-57(54)61(49-35-31-43(32-36-49)52-24-10-17-41-13-3-5-21-50(41)52)48-33-29-40(30-34-48)44-19-9-20-47(37-44)53-25-11-18-42-14-4-6-22-51(42)53/h1-39H. The molecule has 0 aliphatic heterocycles. The van der Waals surface area contributed by atoms with Crippen molar-refractivity contribution < 1.29 is 4.42 Å². The van der Waals surface area contributed by atoms with Gasteiger partial charge in [0.2, 0.25) is 0 Å². The quantitative estimate of drug-likeness (QED) is 0.160. The highest BCUT2D eigenvalue weighted by Gasteiger charge is 2.21. The van der Waals surface area contributed by atoms with E-state index in [1.165, 1.54) is 60.1 Å². The van der Waals surface area contributed by atoms with E-state index in [2.05, 4.69) is 241 Å². The minimum Gasteiger partial charge on any atom is -0.456 e. The maximum absolute atomic E-state index is 6.58. The molecule has 0 bridgehead atoms. The van der Waals surface area contributed by atoms with Crippen LogP contribution in [0.2, 0.25) is 0 Å². The molecule has 0 saturated heterocycles. The number of para-hydroxylation sites is 1. The predicted octanol–water partition coefficient (Wildman–Crippen LogP) is 17.2. The van der Waals surface area contributed by atoms with Crippen molar-refractivity contribution >= 4 is 71.3 Å². The third-order valence-corrected chi connectivity index (χ3v) is 12.4. The first kappa shape index (κ1) is 35.7. The summed E-state index contributed by atoms with van der Waals surface area (Å²) < 4.78 is 6.58. The van der Waals surface area contributed by atoms with Gasteiger partial charge in [-0.1, -0.05) is 182 Å². The molecule has 0 N–H and O–H groups in total. The summed E-state index contributed by atoms with van der Waals surface area (Å²) in [5.41, 5.74) is 14.4.